The minimum absolute atomic E-state index is 0.0365. The van der Waals surface area contributed by atoms with Gasteiger partial charge in [0, 0.05) is 29.5 Å². The number of hydrogen-bond acceptors (Lipinski definition) is 4. The molecule has 1 unspecified atom stereocenters. The molecule has 1 atom stereocenters. The molecule has 1 aliphatic rings. The number of amides is 1. The molecule has 1 aromatic heterocycles. The molecule has 0 saturated carbocycles. The number of ether oxygens (including phenoxy) is 1. The molecule has 2 aromatic rings. The number of rotatable bonds is 5. The molecule has 1 fully saturated rings. The zero-order valence-corrected chi connectivity index (χ0v) is 14.3. The maximum Gasteiger partial charge on any atom is 0.227 e. The molecular formula is C16H19BrN4O2. The Morgan fingerprint density at radius 2 is 2.22 bits per heavy atom. The van der Waals surface area contributed by atoms with Gasteiger partial charge >= 0.3 is 0 Å². The van der Waals surface area contributed by atoms with Crippen molar-refractivity contribution in [3.8, 4) is 0 Å². The summed E-state index contributed by atoms with van der Waals surface area (Å²) in [4.78, 5) is 12.2. The van der Waals surface area contributed by atoms with Crippen LogP contribution < -0.4 is 10.6 Å². The smallest absolute Gasteiger partial charge is 0.227 e. The lowest BCUT2D eigenvalue weighted by Crippen LogP contribution is -2.43. The second-order valence-corrected chi connectivity index (χ2v) is 6.39. The van der Waals surface area contributed by atoms with Gasteiger partial charge in [0.2, 0.25) is 5.91 Å². The van der Waals surface area contributed by atoms with Crippen LogP contribution in [0.4, 0.5) is 5.82 Å². The van der Waals surface area contributed by atoms with Crippen LogP contribution in [-0.4, -0.2) is 41.5 Å². The Hall–Kier alpha value is -1.70. The van der Waals surface area contributed by atoms with E-state index in [9.17, 15) is 4.79 Å². The minimum atomic E-state index is -0.0365. The van der Waals surface area contributed by atoms with Crippen LogP contribution in [-0.2, 0) is 16.1 Å². The van der Waals surface area contributed by atoms with E-state index in [1.54, 1.807) is 10.9 Å². The van der Waals surface area contributed by atoms with Crippen LogP contribution in [0.1, 0.15) is 12.0 Å². The Kier molecular flexibility index (Phi) is 5.43. The van der Waals surface area contributed by atoms with Crippen molar-refractivity contribution < 1.29 is 9.53 Å². The van der Waals surface area contributed by atoms with Crippen molar-refractivity contribution in [2.45, 2.75) is 19.0 Å². The molecular weight excluding hydrogens is 360 g/mol. The normalized spacial score (nSPS) is 17.9. The number of morpholine rings is 1. The van der Waals surface area contributed by atoms with E-state index in [4.69, 9.17) is 4.74 Å². The average molecular weight is 379 g/mol. The number of nitrogens with one attached hydrogen (secondary N) is 2. The van der Waals surface area contributed by atoms with E-state index >= 15 is 0 Å². The number of nitrogens with zero attached hydrogens (tertiary/aromatic N) is 2. The van der Waals surface area contributed by atoms with Crippen LogP contribution in [0, 0.1) is 0 Å². The number of carbonyl (C=O) groups is 1. The monoisotopic (exact) mass is 378 g/mol. The quantitative estimate of drug-likeness (QED) is 0.834. The van der Waals surface area contributed by atoms with Crippen molar-refractivity contribution in [2.24, 2.45) is 0 Å². The van der Waals surface area contributed by atoms with Gasteiger partial charge in [-0.1, -0.05) is 28.1 Å². The first-order valence-corrected chi connectivity index (χ1v) is 8.37. The predicted molar refractivity (Wildman–Crippen MR) is 91.3 cm³/mol. The summed E-state index contributed by atoms with van der Waals surface area (Å²) in [5, 5.41) is 10.5. The molecule has 23 heavy (non-hydrogen) atoms. The second-order valence-electron chi connectivity index (χ2n) is 5.48. The lowest BCUT2D eigenvalue weighted by atomic mass is 10.2. The standard InChI is InChI=1S/C16H19BrN4O2/c17-13-3-1-12(2-4-13)10-21-15(5-6-19-21)20-16(22)9-14-11-23-8-7-18-14/h1-6,14,18H,7-11H2,(H,20,22). The Morgan fingerprint density at radius 1 is 1.39 bits per heavy atom. The molecule has 0 aliphatic carbocycles. The van der Waals surface area contributed by atoms with Crippen molar-refractivity contribution in [1.82, 2.24) is 15.1 Å². The third-order valence-electron chi connectivity index (χ3n) is 3.66. The van der Waals surface area contributed by atoms with E-state index in [0.717, 1.165) is 16.6 Å². The van der Waals surface area contributed by atoms with Crippen LogP contribution in [0.15, 0.2) is 41.0 Å². The van der Waals surface area contributed by atoms with Gasteiger partial charge in [-0.15, -0.1) is 0 Å². The highest BCUT2D eigenvalue weighted by molar-refractivity contribution is 9.10. The molecule has 6 nitrogen and oxygen atoms in total. The fraction of sp³-hybridized carbons (Fsp3) is 0.375. The van der Waals surface area contributed by atoms with Crippen LogP contribution in [0.2, 0.25) is 0 Å². The molecule has 7 heteroatoms. The van der Waals surface area contributed by atoms with Gasteiger partial charge in [-0.2, -0.15) is 5.10 Å². The Bertz CT molecular complexity index is 650. The first-order chi connectivity index (χ1) is 11.2. The molecule has 0 bridgehead atoms. The summed E-state index contributed by atoms with van der Waals surface area (Å²) in [5.74, 6) is 0.667. The molecule has 0 spiro atoms. The number of hydrogen-bond donors (Lipinski definition) is 2. The van der Waals surface area contributed by atoms with E-state index in [2.05, 4.69) is 31.7 Å². The largest absolute Gasteiger partial charge is 0.378 e. The van der Waals surface area contributed by atoms with Gasteiger partial charge in [0.1, 0.15) is 5.82 Å². The van der Waals surface area contributed by atoms with Gasteiger partial charge in [0.25, 0.3) is 0 Å². The molecule has 3 rings (SSSR count). The van der Waals surface area contributed by atoms with Gasteiger partial charge in [-0.25, -0.2) is 4.68 Å². The van der Waals surface area contributed by atoms with Crippen LogP contribution in [0.25, 0.3) is 0 Å². The highest BCUT2D eigenvalue weighted by atomic mass is 79.9. The molecule has 2 N–H and O–H groups in total. The number of carbonyl (C=O) groups excluding carboxylic acids is 1. The molecule has 1 saturated heterocycles. The maximum absolute atomic E-state index is 12.2. The minimum Gasteiger partial charge on any atom is -0.378 e. The summed E-state index contributed by atoms with van der Waals surface area (Å²) in [6, 6.07) is 9.92. The van der Waals surface area contributed by atoms with Gasteiger partial charge in [0.05, 0.1) is 26.0 Å². The molecule has 2 heterocycles. The van der Waals surface area contributed by atoms with Crippen molar-refractivity contribution in [2.75, 3.05) is 25.1 Å². The SMILES string of the molecule is O=C(CC1COCCN1)Nc1ccnn1Cc1ccc(Br)cc1. The van der Waals surface area contributed by atoms with Crippen molar-refractivity contribution in [3.05, 3.63) is 46.6 Å². The second kappa shape index (κ2) is 7.72. The van der Waals surface area contributed by atoms with Crippen molar-refractivity contribution in [3.63, 3.8) is 0 Å². The van der Waals surface area contributed by atoms with Crippen LogP contribution >= 0.6 is 15.9 Å². The zero-order chi connectivity index (χ0) is 16.1. The molecule has 1 aromatic carbocycles. The summed E-state index contributed by atoms with van der Waals surface area (Å²) in [5.41, 5.74) is 1.12. The average Bonchev–Trinajstić information content (AvgIpc) is 2.97. The third kappa shape index (κ3) is 4.63. The third-order valence-corrected chi connectivity index (χ3v) is 4.19. The Morgan fingerprint density at radius 3 is 2.96 bits per heavy atom. The molecule has 122 valence electrons. The van der Waals surface area contributed by atoms with E-state index in [-0.39, 0.29) is 11.9 Å². The predicted octanol–water partition coefficient (Wildman–Crippen LogP) is 2.01. The van der Waals surface area contributed by atoms with E-state index in [0.29, 0.717) is 32.0 Å². The Labute approximate surface area is 143 Å². The van der Waals surface area contributed by atoms with Crippen molar-refractivity contribution in [1.29, 1.82) is 0 Å². The number of halogens is 1. The fourth-order valence-corrected chi connectivity index (χ4v) is 2.76. The molecule has 1 aliphatic heterocycles. The van der Waals surface area contributed by atoms with Crippen LogP contribution in [0.5, 0.6) is 0 Å². The van der Waals surface area contributed by atoms with Gasteiger partial charge < -0.3 is 15.4 Å². The van der Waals surface area contributed by atoms with E-state index < -0.39 is 0 Å². The highest BCUT2D eigenvalue weighted by Crippen LogP contribution is 2.14. The number of benzene rings is 1. The van der Waals surface area contributed by atoms with Gasteiger partial charge in [-0.3, -0.25) is 4.79 Å². The zero-order valence-electron chi connectivity index (χ0n) is 12.7. The summed E-state index contributed by atoms with van der Waals surface area (Å²) in [6.45, 7) is 2.68. The van der Waals surface area contributed by atoms with Crippen LogP contribution in [0.3, 0.4) is 0 Å². The lowest BCUT2D eigenvalue weighted by molar-refractivity contribution is -0.117. The van der Waals surface area contributed by atoms with Gasteiger partial charge in [0.15, 0.2) is 0 Å². The Balaban J connectivity index is 1.59. The topological polar surface area (TPSA) is 68.2 Å². The first-order valence-electron chi connectivity index (χ1n) is 7.58. The van der Waals surface area contributed by atoms with E-state index in [1.165, 1.54) is 0 Å². The molecule has 1 amide bonds. The fourth-order valence-electron chi connectivity index (χ4n) is 2.50. The summed E-state index contributed by atoms with van der Waals surface area (Å²) >= 11 is 3.42. The van der Waals surface area contributed by atoms with Gasteiger partial charge in [-0.05, 0) is 17.7 Å². The maximum atomic E-state index is 12.2. The summed E-state index contributed by atoms with van der Waals surface area (Å²) in [6.07, 6.45) is 2.08. The summed E-state index contributed by atoms with van der Waals surface area (Å²) in [7, 11) is 0. The first kappa shape index (κ1) is 16.2. The molecule has 0 radical (unpaired) electrons. The van der Waals surface area contributed by atoms with Crippen molar-refractivity contribution >= 4 is 27.7 Å². The van der Waals surface area contributed by atoms with E-state index in [1.807, 2.05) is 30.3 Å². The lowest BCUT2D eigenvalue weighted by Gasteiger charge is -2.23. The number of anilines is 1. The summed E-state index contributed by atoms with van der Waals surface area (Å²) < 4.78 is 8.19. The number of aromatic nitrogens is 2. The highest BCUT2D eigenvalue weighted by Gasteiger charge is 2.17.